The highest BCUT2D eigenvalue weighted by Gasteiger charge is 2.43. The first kappa shape index (κ1) is 18.0. The molecule has 23 heavy (non-hydrogen) atoms. The van der Waals surface area contributed by atoms with Crippen molar-refractivity contribution < 1.29 is 19.1 Å². The molecule has 1 saturated heterocycles. The second-order valence-corrected chi connectivity index (χ2v) is 9.70. The molecule has 7 heteroatoms. The van der Waals surface area contributed by atoms with Crippen molar-refractivity contribution in [1.29, 1.82) is 0 Å². The molecule has 0 N–H and O–H groups in total. The number of benzene rings is 1. The van der Waals surface area contributed by atoms with Gasteiger partial charge in [-0.1, -0.05) is 23.7 Å². The van der Waals surface area contributed by atoms with Crippen LogP contribution in [0.3, 0.4) is 0 Å². The summed E-state index contributed by atoms with van der Waals surface area (Å²) in [6.45, 7) is 5.84. The largest absolute Gasteiger partial charge is 0.444 e. The van der Waals surface area contributed by atoms with Crippen molar-refractivity contribution in [1.82, 2.24) is 4.57 Å². The van der Waals surface area contributed by atoms with E-state index in [1.165, 1.54) is 0 Å². The van der Waals surface area contributed by atoms with Crippen LogP contribution in [0.1, 0.15) is 31.1 Å². The van der Waals surface area contributed by atoms with E-state index in [0.717, 1.165) is 0 Å². The predicted octanol–water partition coefficient (Wildman–Crippen LogP) is 3.05. The molecule has 1 fully saturated rings. The highest BCUT2D eigenvalue weighted by molar-refractivity contribution is 6.92. The van der Waals surface area contributed by atoms with Gasteiger partial charge in [-0.25, -0.2) is 4.79 Å². The number of nitrogens with zero attached hydrogens (tertiary/aromatic N) is 1. The van der Waals surface area contributed by atoms with E-state index < -0.39 is 20.7 Å². The van der Waals surface area contributed by atoms with Crippen LogP contribution in [-0.4, -0.2) is 50.4 Å². The minimum absolute atomic E-state index is 0.00655. The molecule has 2 rings (SSSR count). The Morgan fingerprint density at radius 3 is 2.39 bits per heavy atom. The molecule has 0 aliphatic carbocycles. The molecule has 1 aromatic rings. The summed E-state index contributed by atoms with van der Waals surface area (Å²) < 4.78 is 12.4. The van der Waals surface area contributed by atoms with Crippen LogP contribution in [0, 0.1) is 0 Å². The maximum atomic E-state index is 12.8. The zero-order valence-electron chi connectivity index (χ0n) is 13.8. The SMILES string of the molecule is CO[C@H]1CN(C(=O)OC(C)(C)C)[Si@H](C(=O)c2ccc(Cl)cc2)C1. The maximum absolute atomic E-state index is 12.8. The molecule has 0 bridgehead atoms. The summed E-state index contributed by atoms with van der Waals surface area (Å²) in [5, 5.41) is 0.584. The smallest absolute Gasteiger partial charge is 0.402 e. The zero-order valence-corrected chi connectivity index (χ0v) is 15.7. The van der Waals surface area contributed by atoms with Crippen molar-refractivity contribution in [2.75, 3.05) is 13.7 Å². The van der Waals surface area contributed by atoms with E-state index in [1.807, 2.05) is 20.8 Å². The Labute approximate surface area is 143 Å². The Morgan fingerprint density at radius 2 is 1.87 bits per heavy atom. The average molecular weight is 356 g/mol. The number of hydrogen-bond donors (Lipinski definition) is 0. The first-order chi connectivity index (χ1) is 10.7. The van der Waals surface area contributed by atoms with Crippen molar-refractivity contribution in [2.45, 2.75) is 38.5 Å². The summed E-state index contributed by atoms with van der Waals surface area (Å²) in [7, 11) is -0.605. The minimum Gasteiger partial charge on any atom is -0.444 e. The highest BCUT2D eigenvalue weighted by atomic mass is 35.5. The third-order valence-electron chi connectivity index (χ3n) is 3.66. The molecule has 126 valence electrons. The minimum atomic E-state index is -2.20. The molecule has 5 nitrogen and oxygen atoms in total. The van der Waals surface area contributed by atoms with Gasteiger partial charge in [0.25, 0.3) is 0 Å². The average Bonchev–Trinajstić information content (AvgIpc) is 2.90. The molecule has 0 radical (unpaired) electrons. The normalized spacial score (nSPS) is 21.3. The van der Waals surface area contributed by atoms with Crippen LogP contribution in [0.4, 0.5) is 4.79 Å². The van der Waals surface area contributed by atoms with Gasteiger partial charge in [-0.15, -0.1) is 0 Å². The number of carbonyl (C=O) groups is 2. The Bertz CT molecular complexity index is 585. The number of methoxy groups -OCH3 is 1. The van der Waals surface area contributed by atoms with E-state index in [-0.39, 0.29) is 11.5 Å². The summed E-state index contributed by atoms with van der Waals surface area (Å²) in [5.41, 5.74) is -0.0128. The van der Waals surface area contributed by atoms with Crippen molar-refractivity contribution >= 4 is 32.1 Å². The van der Waals surface area contributed by atoms with E-state index >= 15 is 0 Å². The van der Waals surface area contributed by atoms with Gasteiger partial charge in [0.15, 0.2) is 5.41 Å². The van der Waals surface area contributed by atoms with Crippen LogP contribution in [0.5, 0.6) is 0 Å². The van der Waals surface area contributed by atoms with Gasteiger partial charge in [0.2, 0.25) is 8.96 Å². The molecule has 1 heterocycles. The molecular weight excluding hydrogens is 334 g/mol. The van der Waals surface area contributed by atoms with Crippen LogP contribution >= 0.6 is 11.6 Å². The van der Waals surface area contributed by atoms with E-state index in [2.05, 4.69) is 0 Å². The molecule has 0 saturated carbocycles. The summed E-state index contributed by atoms with van der Waals surface area (Å²) in [6, 6.07) is 7.36. The molecule has 1 amide bonds. The van der Waals surface area contributed by atoms with Gasteiger partial charge in [0.05, 0.1) is 6.10 Å². The summed E-state index contributed by atoms with van der Waals surface area (Å²) in [4.78, 5) is 25.2. The van der Waals surface area contributed by atoms with Gasteiger partial charge in [-0.3, -0.25) is 4.79 Å². The fourth-order valence-electron chi connectivity index (χ4n) is 2.55. The number of carbonyl (C=O) groups excluding carboxylic acids is 2. The van der Waals surface area contributed by atoms with Crippen molar-refractivity contribution in [2.24, 2.45) is 0 Å². The third kappa shape index (κ3) is 4.56. The van der Waals surface area contributed by atoms with Gasteiger partial charge in [0.1, 0.15) is 5.60 Å². The summed E-state index contributed by atoms with van der Waals surface area (Å²) in [6.07, 6.45) is -0.550. The topological polar surface area (TPSA) is 55.8 Å². The van der Waals surface area contributed by atoms with E-state index in [1.54, 1.807) is 35.9 Å². The number of ether oxygens (including phenoxy) is 2. The number of hydrogen-bond acceptors (Lipinski definition) is 4. The van der Waals surface area contributed by atoms with Gasteiger partial charge in [-0.2, -0.15) is 0 Å². The zero-order chi connectivity index (χ0) is 17.2. The molecule has 1 aromatic carbocycles. The second-order valence-electron chi connectivity index (χ2n) is 6.61. The van der Waals surface area contributed by atoms with Crippen LogP contribution < -0.4 is 0 Å². The Balaban J connectivity index is 2.21. The lowest BCUT2D eigenvalue weighted by atomic mass is 10.2. The van der Waals surface area contributed by atoms with E-state index in [0.29, 0.717) is 23.2 Å². The molecule has 1 aliphatic heterocycles. The Morgan fingerprint density at radius 1 is 1.26 bits per heavy atom. The Kier molecular flexibility index (Phi) is 5.49. The van der Waals surface area contributed by atoms with Crippen molar-refractivity contribution in [3.63, 3.8) is 0 Å². The van der Waals surface area contributed by atoms with Gasteiger partial charge < -0.3 is 14.0 Å². The lowest BCUT2D eigenvalue weighted by Gasteiger charge is -2.27. The number of halogens is 1. The molecular formula is C16H22ClNO4Si. The van der Waals surface area contributed by atoms with E-state index in [9.17, 15) is 9.59 Å². The number of rotatable bonds is 3. The maximum Gasteiger partial charge on any atom is 0.402 e. The van der Waals surface area contributed by atoms with E-state index in [4.69, 9.17) is 21.1 Å². The van der Waals surface area contributed by atoms with Crippen molar-refractivity contribution in [3.05, 3.63) is 34.9 Å². The summed E-state index contributed by atoms with van der Waals surface area (Å²) in [5.74, 6) is 0. The fraction of sp³-hybridized carbons (Fsp3) is 0.500. The number of amides is 1. The molecule has 0 aromatic heterocycles. The predicted molar refractivity (Wildman–Crippen MR) is 91.5 cm³/mol. The Hall–Kier alpha value is -1.37. The van der Waals surface area contributed by atoms with Crippen LogP contribution in [-0.2, 0) is 9.47 Å². The van der Waals surface area contributed by atoms with Crippen LogP contribution in [0.25, 0.3) is 0 Å². The van der Waals surface area contributed by atoms with Gasteiger partial charge >= 0.3 is 6.09 Å². The van der Waals surface area contributed by atoms with Crippen molar-refractivity contribution in [3.8, 4) is 0 Å². The second kappa shape index (κ2) is 7.03. The molecule has 1 aliphatic rings. The van der Waals surface area contributed by atoms with Crippen LogP contribution in [0.15, 0.2) is 24.3 Å². The fourth-order valence-corrected chi connectivity index (χ4v) is 5.64. The molecule has 0 unspecified atom stereocenters. The van der Waals surface area contributed by atoms with Gasteiger partial charge in [0, 0.05) is 24.2 Å². The monoisotopic (exact) mass is 355 g/mol. The van der Waals surface area contributed by atoms with Crippen LogP contribution in [0.2, 0.25) is 11.1 Å². The quantitative estimate of drug-likeness (QED) is 0.782. The first-order valence-corrected chi connectivity index (χ1v) is 9.82. The first-order valence-electron chi connectivity index (χ1n) is 7.53. The van der Waals surface area contributed by atoms with Gasteiger partial charge in [-0.05, 0) is 38.9 Å². The lowest BCUT2D eigenvalue weighted by Crippen LogP contribution is -2.46. The molecule has 0 spiro atoms. The molecule has 2 atom stereocenters. The summed E-state index contributed by atoms with van der Waals surface area (Å²) >= 11 is 5.87. The third-order valence-corrected chi connectivity index (χ3v) is 6.99. The standard InChI is InChI=1S/C16H22ClNO4Si/c1-16(2,3)22-15(20)18-9-13(21-4)10-23(18)14(19)11-5-7-12(17)8-6-11/h5-8,13,23H,9-10H2,1-4H3/t13-,23-/m0/s1. The highest BCUT2D eigenvalue weighted by Crippen LogP contribution is 2.24. The lowest BCUT2D eigenvalue weighted by molar-refractivity contribution is 0.0330.